The van der Waals surface area contributed by atoms with E-state index in [0.717, 1.165) is 5.56 Å². The van der Waals surface area contributed by atoms with Crippen LogP contribution < -0.4 is 10.7 Å². The molecule has 0 spiro atoms. The van der Waals surface area contributed by atoms with Gasteiger partial charge in [-0.3, -0.25) is 14.6 Å². The Balaban J connectivity index is 1.85. The number of H-pyrrole nitrogens is 1. The van der Waals surface area contributed by atoms with Gasteiger partial charge >= 0.3 is 0 Å². The van der Waals surface area contributed by atoms with Crippen LogP contribution in [0.4, 0.5) is 0 Å². The molecule has 3 aromatic rings. The summed E-state index contributed by atoms with van der Waals surface area (Å²) in [5.41, 5.74) is 1.34. The number of aliphatic hydroxyl groups excluding tert-OH is 1. The van der Waals surface area contributed by atoms with E-state index in [-0.39, 0.29) is 18.7 Å². The van der Waals surface area contributed by atoms with Crippen LogP contribution in [0.1, 0.15) is 21.6 Å². The van der Waals surface area contributed by atoms with E-state index in [2.05, 4.69) is 15.3 Å². The van der Waals surface area contributed by atoms with Crippen LogP contribution >= 0.6 is 11.6 Å². The zero-order valence-corrected chi connectivity index (χ0v) is 13.3. The third-order valence-corrected chi connectivity index (χ3v) is 3.85. The maximum atomic E-state index is 12.5. The maximum Gasteiger partial charge on any atom is 0.257 e. The number of halogens is 1. The molecular weight excluding hydrogens is 330 g/mol. The number of aliphatic hydroxyl groups is 1. The number of hydrogen-bond donors (Lipinski definition) is 3. The fourth-order valence-corrected chi connectivity index (χ4v) is 2.42. The van der Waals surface area contributed by atoms with Gasteiger partial charge in [0, 0.05) is 23.2 Å². The zero-order chi connectivity index (χ0) is 17.1. The summed E-state index contributed by atoms with van der Waals surface area (Å²) in [6, 6.07) is 8.54. The van der Waals surface area contributed by atoms with Gasteiger partial charge in [-0.1, -0.05) is 23.7 Å². The largest absolute Gasteiger partial charge is 0.390 e. The molecule has 0 aliphatic rings. The Morgan fingerprint density at radius 3 is 2.75 bits per heavy atom. The molecule has 0 unspecified atom stereocenters. The summed E-state index contributed by atoms with van der Waals surface area (Å²) in [6.07, 6.45) is 2.82. The second-order valence-corrected chi connectivity index (χ2v) is 5.66. The topological polar surface area (TPSA) is 95.1 Å². The van der Waals surface area contributed by atoms with Gasteiger partial charge in [0.05, 0.1) is 24.0 Å². The van der Waals surface area contributed by atoms with Gasteiger partial charge in [0.1, 0.15) is 5.56 Å². The average Bonchev–Trinajstić information content (AvgIpc) is 2.61. The highest BCUT2D eigenvalue weighted by Crippen LogP contribution is 2.10. The fraction of sp³-hybridized carbons (Fsp3) is 0.118. The van der Waals surface area contributed by atoms with E-state index >= 15 is 0 Å². The van der Waals surface area contributed by atoms with Crippen molar-refractivity contribution in [1.29, 1.82) is 0 Å². The van der Waals surface area contributed by atoms with E-state index in [1.54, 1.807) is 24.3 Å². The Morgan fingerprint density at radius 1 is 1.29 bits per heavy atom. The maximum absolute atomic E-state index is 12.5. The molecule has 0 saturated carbocycles. The van der Waals surface area contributed by atoms with Gasteiger partial charge in [-0.2, -0.15) is 0 Å². The highest BCUT2D eigenvalue weighted by Gasteiger charge is 2.13. The Bertz CT molecular complexity index is 951. The highest BCUT2D eigenvalue weighted by atomic mass is 35.5. The number of amides is 1. The lowest BCUT2D eigenvalue weighted by molar-refractivity contribution is 0.0949. The molecule has 1 aromatic carbocycles. The summed E-state index contributed by atoms with van der Waals surface area (Å²) in [5.74, 6) is -0.476. The van der Waals surface area contributed by atoms with E-state index in [4.69, 9.17) is 16.7 Å². The second kappa shape index (κ2) is 6.82. The molecule has 0 saturated heterocycles. The molecule has 0 atom stereocenters. The van der Waals surface area contributed by atoms with Gasteiger partial charge in [0.25, 0.3) is 5.91 Å². The minimum atomic E-state index is -0.476. The van der Waals surface area contributed by atoms with Crippen molar-refractivity contribution in [3.8, 4) is 0 Å². The number of aromatic nitrogens is 2. The van der Waals surface area contributed by atoms with Crippen LogP contribution in [0.2, 0.25) is 5.02 Å². The Morgan fingerprint density at radius 2 is 2.04 bits per heavy atom. The number of nitrogens with zero attached hydrogens (tertiary/aromatic N) is 1. The number of benzene rings is 1. The predicted octanol–water partition coefficient (Wildman–Crippen LogP) is 2.00. The molecule has 0 aliphatic heterocycles. The van der Waals surface area contributed by atoms with Gasteiger partial charge in [-0.05, 0) is 23.8 Å². The molecular formula is C17H14ClN3O3. The molecule has 6 nitrogen and oxygen atoms in total. The normalized spacial score (nSPS) is 10.8. The number of hydrogen-bond acceptors (Lipinski definition) is 4. The SMILES string of the molecule is O=C(NCc1ccc(Cl)cc1)c1c[nH]c2cnc(CO)cc2c1=O. The minimum absolute atomic E-state index is 0.00607. The van der Waals surface area contributed by atoms with Crippen molar-refractivity contribution >= 4 is 28.4 Å². The van der Waals surface area contributed by atoms with E-state index < -0.39 is 11.3 Å². The second-order valence-electron chi connectivity index (χ2n) is 5.22. The van der Waals surface area contributed by atoms with Crippen molar-refractivity contribution in [2.24, 2.45) is 0 Å². The summed E-state index contributed by atoms with van der Waals surface area (Å²) in [4.78, 5) is 31.6. The number of pyridine rings is 2. The summed E-state index contributed by atoms with van der Waals surface area (Å²) < 4.78 is 0. The van der Waals surface area contributed by atoms with E-state index in [9.17, 15) is 9.59 Å². The number of aromatic amines is 1. The minimum Gasteiger partial charge on any atom is -0.390 e. The third-order valence-electron chi connectivity index (χ3n) is 3.59. The standard InChI is InChI=1S/C17H14ClN3O3/c18-11-3-1-10(2-4-11)6-21-17(24)14-7-20-15-8-19-12(9-22)5-13(15)16(14)23/h1-5,7-8,22H,6,9H2,(H,20,23)(H,21,24). The summed E-state index contributed by atoms with van der Waals surface area (Å²) >= 11 is 5.82. The van der Waals surface area contributed by atoms with Crippen LogP contribution in [-0.4, -0.2) is 21.0 Å². The molecule has 2 aromatic heterocycles. The van der Waals surface area contributed by atoms with Gasteiger partial charge in [-0.25, -0.2) is 0 Å². The van der Waals surface area contributed by atoms with Gasteiger partial charge in [0.15, 0.2) is 0 Å². The van der Waals surface area contributed by atoms with E-state index in [1.807, 2.05) is 0 Å². The average molecular weight is 344 g/mol. The van der Waals surface area contributed by atoms with Crippen LogP contribution in [0.5, 0.6) is 0 Å². The number of rotatable bonds is 4. The molecule has 0 radical (unpaired) electrons. The summed E-state index contributed by atoms with van der Waals surface area (Å²) in [5, 5.41) is 12.8. The molecule has 3 rings (SSSR count). The number of carbonyl (C=O) groups excluding carboxylic acids is 1. The molecule has 0 aliphatic carbocycles. The highest BCUT2D eigenvalue weighted by molar-refractivity contribution is 6.30. The first-order valence-corrected chi connectivity index (χ1v) is 7.60. The lowest BCUT2D eigenvalue weighted by atomic mass is 10.1. The molecule has 2 heterocycles. The fourth-order valence-electron chi connectivity index (χ4n) is 2.30. The Labute approximate surface area is 142 Å². The summed E-state index contributed by atoms with van der Waals surface area (Å²) in [6.45, 7) is 0.00802. The molecule has 122 valence electrons. The summed E-state index contributed by atoms with van der Waals surface area (Å²) in [7, 11) is 0. The Hall–Kier alpha value is -2.70. The van der Waals surface area contributed by atoms with Crippen molar-refractivity contribution < 1.29 is 9.90 Å². The van der Waals surface area contributed by atoms with E-state index in [1.165, 1.54) is 18.5 Å². The van der Waals surface area contributed by atoms with Crippen LogP contribution in [-0.2, 0) is 13.2 Å². The predicted molar refractivity (Wildman–Crippen MR) is 90.9 cm³/mol. The number of carbonyl (C=O) groups is 1. The molecule has 0 fully saturated rings. The van der Waals surface area contributed by atoms with Crippen LogP contribution in [0.15, 0.2) is 47.5 Å². The van der Waals surface area contributed by atoms with E-state index in [0.29, 0.717) is 21.6 Å². The van der Waals surface area contributed by atoms with Crippen LogP contribution in [0.25, 0.3) is 10.9 Å². The first-order chi connectivity index (χ1) is 11.6. The zero-order valence-electron chi connectivity index (χ0n) is 12.5. The quantitative estimate of drug-likeness (QED) is 0.675. The molecule has 7 heteroatoms. The molecule has 24 heavy (non-hydrogen) atoms. The lowest BCUT2D eigenvalue weighted by Gasteiger charge is -2.07. The van der Waals surface area contributed by atoms with Crippen molar-refractivity contribution in [2.75, 3.05) is 0 Å². The van der Waals surface area contributed by atoms with Crippen molar-refractivity contribution in [3.63, 3.8) is 0 Å². The van der Waals surface area contributed by atoms with Gasteiger partial charge in [-0.15, -0.1) is 0 Å². The van der Waals surface area contributed by atoms with Crippen LogP contribution in [0.3, 0.4) is 0 Å². The lowest BCUT2D eigenvalue weighted by Crippen LogP contribution is -2.28. The molecule has 1 amide bonds. The van der Waals surface area contributed by atoms with Crippen molar-refractivity contribution in [3.05, 3.63) is 74.8 Å². The first-order valence-electron chi connectivity index (χ1n) is 7.22. The van der Waals surface area contributed by atoms with Crippen molar-refractivity contribution in [2.45, 2.75) is 13.2 Å². The molecule has 3 N–H and O–H groups in total. The number of nitrogens with one attached hydrogen (secondary N) is 2. The molecule has 0 bridgehead atoms. The third kappa shape index (κ3) is 3.29. The van der Waals surface area contributed by atoms with Crippen molar-refractivity contribution in [1.82, 2.24) is 15.3 Å². The van der Waals surface area contributed by atoms with Gasteiger partial charge in [0.2, 0.25) is 5.43 Å². The Kier molecular flexibility index (Phi) is 4.59. The number of fused-ring (bicyclic) bond motifs is 1. The first kappa shape index (κ1) is 16.2. The van der Waals surface area contributed by atoms with Gasteiger partial charge < -0.3 is 15.4 Å². The monoisotopic (exact) mass is 343 g/mol. The van der Waals surface area contributed by atoms with Crippen LogP contribution in [0, 0.1) is 0 Å². The smallest absolute Gasteiger partial charge is 0.257 e.